The van der Waals surface area contributed by atoms with Gasteiger partial charge in [0.25, 0.3) is 0 Å². The highest BCUT2D eigenvalue weighted by Crippen LogP contribution is 2.27. The van der Waals surface area contributed by atoms with Gasteiger partial charge in [-0.1, -0.05) is 6.07 Å². The van der Waals surface area contributed by atoms with Crippen molar-refractivity contribution in [3.05, 3.63) is 29.8 Å². The van der Waals surface area contributed by atoms with Crippen LogP contribution >= 0.6 is 0 Å². The maximum absolute atomic E-state index is 12.2. The van der Waals surface area contributed by atoms with Gasteiger partial charge in [-0.15, -0.1) is 0 Å². The Morgan fingerprint density at radius 2 is 1.52 bits per heavy atom. The molecule has 31 heavy (non-hydrogen) atoms. The first-order valence-electron chi connectivity index (χ1n) is 9.10. The zero-order valence-corrected chi connectivity index (χ0v) is 17.0. The molecule has 1 fully saturated rings. The number of aromatic hydroxyl groups is 2. The van der Waals surface area contributed by atoms with E-state index >= 15 is 0 Å². The van der Waals surface area contributed by atoms with Gasteiger partial charge in [-0.05, 0) is 23.8 Å². The van der Waals surface area contributed by atoms with E-state index in [0.717, 1.165) is 26.8 Å². The number of esters is 4. The number of hydrogen-bond donors (Lipinski definition) is 2. The standard InChI is InChI=1S/C20H22O11/c1-10(21)28-16-9-27-20(19(30-12(3)23)18(16)29-11(2)22)31-17(26)7-5-13-4-6-14(24)15(25)8-13/h4-8,16,18-20,24-25H,9H2,1-3H3/b7-5+/t16-,18+,19-,20+/m1/s1. The fourth-order valence-electron chi connectivity index (χ4n) is 2.77. The highest BCUT2D eigenvalue weighted by Gasteiger charge is 2.48. The first-order valence-corrected chi connectivity index (χ1v) is 9.10. The van der Waals surface area contributed by atoms with E-state index < -0.39 is 48.5 Å². The molecule has 4 atom stereocenters. The Hall–Kier alpha value is -3.60. The number of phenolic OH excluding ortho intramolecular Hbond substituents is 2. The van der Waals surface area contributed by atoms with E-state index in [0.29, 0.717) is 5.56 Å². The van der Waals surface area contributed by atoms with Crippen LogP contribution in [0.3, 0.4) is 0 Å². The average molecular weight is 438 g/mol. The van der Waals surface area contributed by atoms with Crippen molar-refractivity contribution < 1.29 is 53.1 Å². The molecular formula is C20H22O11. The molecule has 0 amide bonds. The molecule has 11 heteroatoms. The molecule has 0 saturated carbocycles. The van der Waals surface area contributed by atoms with Crippen molar-refractivity contribution >= 4 is 30.0 Å². The predicted octanol–water partition coefficient (Wildman–Crippen LogP) is 0.806. The van der Waals surface area contributed by atoms with E-state index in [1.165, 1.54) is 24.3 Å². The molecule has 1 saturated heterocycles. The molecule has 0 spiro atoms. The number of rotatable bonds is 6. The van der Waals surface area contributed by atoms with E-state index in [1.54, 1.807) is 0 Å². The molecule has 11 nitrogen and oxygen atoms in total. The Morgan fingerprint density at radius 3 is 2.10 bits per heavy atom. The van der Waals surface area contributed by atoms with Gasteiger partial charge in [0, 0.05) is 26.8 Å². The summed E-state index contributed by atoms with van der Waals surface area (Å²) < 4.78 is 25.9. The van der Waals surface area contributed by atoms with Crippen molar-refractivity contribution in [2.75, 3.05) is 6.61 Å². The summed E-state index contributed by atoms with van der Waals surface area (Å²) in [6.07, 6.45) is -2.89. The molecule has 2 N–H and O–H groups in total. The summed E-state index contributed by atoms with van der Waals surface area (Å²) in [5, 5.41) is 18.8. The SMILES string of the molecule is CC(=O)O[C@@H]1[C@@H](OC(C)=O)[C@H](OC(=O)/C=C/c2ccc(O)c(O)c2)OC[C@H]1OC(C)=O. The smallest absolute Gasteiger partial charge is 0.333 e. The van der Waals surface area contributed by atoms with Gasteiger partial charge in [-0.2, -0.15) is 0 Å². The number of phenols is 2. The minimum atomic E-state index is -1.45. The lowest BCUT2D eigenvalue weighted by Crippen LogP contribution is -2.58. The van der Waals surface area contributed by atoms with Crippen molar-refractivity contribution in [2.24, 2.45) is 0 Å². The molecule has 0 aliphatic carbocycles. The minimum Gasteiger partial charge on any atom is -0.504 e. The molecule has 0 radical (unpaired) electrons. The lowest BCUT2D eigenvalue weighted by Gasteiger charge is -2.39. The number of carbonyl (C=O) groups excluding carboxylic acids is 4. The molecule has 168 valence electrons. The van der Waals surface area contributed by atoms with E-state index in [9.17, 15) is 29.4 Å². The second-order valence-corrected chi connectivity index (χ2v) is 6.52. The minimum absolute atomic E-state index is 0.289. The first kappa shape index (κ1) is 23.7. The third-order valence-electron chi connectivity index (χ3n) is 3.95. The molecule has 2 rings (SSSR count). The molecule has 0 bridgehead atoms. The van der Waals surface area contributed by atoms with Gasteiger partial charge in [0.1, 0.15) is 0 Å². The number of hydrogen-bond acceptors (Lipinski definition) is 11. The summed E-state index contributed by atoms with van der Waals surface area (Å²) in [6, 6.07) is 3.90. The van der Waals surface area contributed by atoms with Crippen molar-refractivity contribution in [2.45, 2.75) is 45.4 Å². The Bertz CT molecular complexity index is 876. The quantitative estimate of drug-likeness (QED) is 0.280. The summed E-state index contributed by atoms with van der Waals surface area (Å²) in [7, 11) is 0. The van der Waals surface area contributed by atoms with Crippen molar-refractivity contribution in [1.82, 2.24) is 0 Å². The fraction of sp³-hybridized carbons (Fsp3) is 0.400. The summed E-state index contributed by atoms with van der Waals surface area (Å²) in [5.41, 5.74) is 0.390. The van der Waals surface area contributed by atoms with Crippen LogP contribution < -0.4 is 0 Å². The van der Waals surface area contributed by atoms with E-state index in [2.05, 4.69) is 0 Å². The van der Waals surface area contributed by atoms with Crippen LogP contribution in [0.5, 0.6) is 11.5 Å². The zero-order valence-electron chi connectivity index (χ0n) is 17.0. The third-order valence-corrected chi connectivity index (χ3v) is 3.95. The number of carbonyl (C=O) groups is 4. The number of benzene rings is 1. The topological polar surface area (TPSA) is 155 Å². The van der Waals surface area contributed by atoms with Gasteiger partial charge < -0.3 is 33.9 Å². The predicted molar refractivity (Wildman–Crippen MR) is 101 cm³/mol. The molecular weight excluding hydrogens is 416 g/mol. The zero-order chi connectivity index (χ0) is 23.1. The van der Waals surface area contributed by atoms with Gasteiger partial charge in [0.05, 0.1) is 6.61 Å². The normalized spacial score (nSPS) is 23.1. The van der Waals surface area contributed by atoms with E-state index in [1.807, 2.05) is 0 Å². The second kappa shape index (κ2) is 10.4. The lowest BCUT2D eigenvalue weighted by molar-refractivity contribution is -0.272. The van der Waals surface area contributed by atoms with Gasteiger partial charge in [0.15, 0.2) is 23.7 Å². The third kappa shape index (κ3) is 7.00. The molecule has 0 aromatic heterocycles. The van der Waals surface area contributed by atoms with Crippen LogP contribution in [-0.2, 0) is 42.9 Å². The summed E-state index contributed by atoms with van der Waals surface area (Å²) >= 11 is 0. The van der Waals surface area contributed by atoms with E-state index in [4.69, 9.17) is 23.7 Å². The van der Waals surface area contributed by atoms with Gasteiger partial charge in [0.2, 0.25) is 12.4 Å². The molecule has 1 aromatic carbocycles. The van der Waals surface area contributed by atoms with Gasteiger partial charge in [-0.3, -0.25) is 14.4 Å². The fourth-order valence-corrected chi connectivity index (χ4v) is 2.77. The average Bonchev–Trinajstić information content (AvgIpc) is 2.66. The highest BCUT2D eigenvalue weighted by molar-refractivity contribution is 5.87. The van der Waals surface area contributed by atoms with Crippen molar-refractivity contribution in [3.8, 4) is 11.5 Å². The van der Waals surface area contributed by atoms with Crippen LogP contribution in [0.2, 0.25) is 0 Å². The maximum atomic E-state index is 12.2. The van der Waals surface area contributed by atoms with Crippen LogP contribution in [-0.4, -0.2) is 65.3 Å². The lowest BCUT2D eigenvalue weighted by atomic mass is 10.0. The second-order valence-electron chi connectivity index (χ2n) is 6.52. The van der Waals surface area contributed by atoms with Gasteiger partial charge >= 0.3 is 23.9 Å². The highest BCUT2D eigenvalue weighted by atomic mass is 16.7. The van der Waals surface area contributed by atoms with Crippen LogP contribution in [0.25, 0.3) is 6.08 Å². The summed E-state index contributed by atoms with van der Waals surface area (Å²) in [5.74, 6) is -3.78. The van der Waals surface area contributed by atoms with Crippen LogP contribution in [0.4, 0.5) is 0 Å². The maximum Gasteiger partial charge on any atom is 0.333 e. The summed E-state index contributed by atoms with van der Waals surface area (Å²) in [4.78, 5) is 46.6. The Kier molecular flexibility index (Phi) is 7.97. The van der Waals surface area contributed by atoms with Gasteiger partial charge in [-0.25, -0.2) is 4.79 Å². The molecule has 1 aromatic rings. The monoisotopic (exact) mass is 438 g/mol. The van der Waals surface area contributed by atoms with Crippen molar-refractivity contribution in [1.29, 1.82) is 0 Å². The summed E-state index contributed by atoms with van der Waals surface area (Å²) in [6.45, 7) is 3.06. The Morgan fingerprint density at radius 1 is 0.903 bits per heavy atom. The Labute approximate surface area is 177 Å². The number of ether oxygens (including phenoxy) is 5. The molecule has 0 unspecified atom stereocenters. The Balaban J connectivity index is 2.17. The van der Waals surface area contributed by atoms with Crippen molar-refractivity contribution in [3.63, 3.8) is 0 Å². The first-order chi connectivity index (χ1) is 14.6. The molecule has 1 aliphatic heterocycles. The molecule has 1 aliphatic rings. The van der Waals surface area contributed by atoms with Crippen LogP contribution in [0.15, 0.2) is 24.3 Å². The van der Waals surface area contributed by atoms with Crippen LogP contribution in [0.1, 0.15) is 26.3 Å². The van der Waals surface area contributed by atoms with Crippen LogP contribution in [0, 0.1) is 0 Å². The largest absolute Gasteiger partial charge is 0.504 e. The van der Waals surface area contributed by atoms with E-state index in [-0.39, 0.29) is 18.1 Å². The molecule has 1 heterocycles.